The van der Waals surface area contributed by atoms with Crippen molar-refractivity contribution in [2.24, 2.45) is 5.92 Å². The zero-order chi connectivity index (χ0) is 17.6. The summed E-state index contributed by atoms with van der Waals surface area (Å²) in [5, 5.41) is 0. The van der Waals surface area contributed by atoms with E-state index in [0.29, 0.717) is 5.57 Å². The third kappa shape index (κ3) is 2.79. The monoisotopic (exact) mass is 328 g/mol. The number of nitrogens with zero attached hydrogens (tertiary/aromatic N) is 2. The molecule has 1 saturated heterocycles. The Morgan fingerprint density at radius 1 is 1.29 bits per heavy atom. The second-order valence-corrected chi connectivity index (χ2v) is 7.66. The van der Waals surface area contributed by atoms with E-state index in [4.69, 9.17) is 4.74 Å². The van der Waals surface area contributed by atoms with Crippen molar-refractivity contribution < 1.29 is 14.3 Å². The van der Waals surface area contributed by atoms with Crippen molar-refractivity contribution in [1.82, 2.24) is 9.80 Å². The second kappa shape index (κ2) is 5.65. The molecule has 128 valence electrons. The van der Waals surface area contributed by atoms with Crippen LogP contribution in [0.5, 0.6) is 0 Å². The molecule has 2 atom stereocenters. The Labute approximate surface area is 142 Å². The van der Waals surface area contributed by atoms with E-state index in [1.807, 2.05) is 64.2 Å². The van der Waals surface area contributed by atoms with Gasteiger partial charge in [0.15, 0.2) is 0 Å². The summed E-state index contributed by atoms with van der Waals surface area (Å²) in [6, 6.07) is 7.75. The van der Waals surface area contributed by atoms with Gasteiger partial charge < -0.3 is 9.64 Å². The van der Waals surface area contributed by atoms with E-state index in [2.05, 4.69) is 6.07 Å². The van der Waals surface area contributed by atoms with Crippen molar-refractivity contribution >= 4 is 12.0 Å². The Balaban J connectivity index is 2.04. The predicted molar refractivity (Wildman–Crippen MR) is 91.2 cm³/mol. The molecule has 5 heteroatoms. The molecule has 1 aliphatic heterocycles. The van der Waals surface area contributed by atoms with Crippen LogP contribution in [0.1, 0.15) is 37.9 Å². The van der Waals surface area contributed by atoms with Gasteiger partial charge >= 0.3 is 6.09 Å². The van der Waals surface area contributed by atoms with E-state index in [1.165, 1.54) is 10.5 Å². The third-order valence-corrected chi connectivity index (χ3v) is 4.33. The molecule has 0 bridgehead atoms. The van der Waals surface area contributed by atoms with Crippen LogP contribution < -0.4 is 0 Å². The van der Waals surface area contributed by atoms with E-state index in [-0.39, 0.29) is 17.9 Å². The van der Waals surface area contributed by atoms with Crippen molar-refractivity contribution in [3.8, 4) is 0 Å². The molecule has 1 aliphatic carbocycles. The molecule has 3 rings (SSSR count). The molecule has 1 fully saturated rings. The average Bonchev–Trinajstić information content (AvgIpc) is 2.93. The standard InChI is InChI=1S/C19H24N2O3/c1-19(2,3)24-18(23)21-16-13-9-7-6-8-12(13)10-14(16)15(17(21)22)11-20(4)5/h6-9,11,14,16H,10H2,1-5H3. The van der Waals surface area contributed by atoms with Gasteiger partial charge in [0.1, 0.15) is 5.60 Å². The minimum atomic E-state index is -0.640. The van der Waals surface area contributed by atoms with E-state index in [1.54, 1.807) is 0 Å². The van der Waals surface area contributed by atoms with Gasteiger partial charge in [-0.1, -0.05) is 24.3 Å². The fourth-order valence-corrected chi connectivity index (χ4v) is 3.53. The largest absolute Gasteiger partial charge is 0.443 e. The number of carbonyl (C=O) groups is 2. The SMILES string of the molecule is CN(C)C=C1C(=O)N(C(=O)OC(C)(C)C)C2c3ccccc3CC12. The van der Waals surface area contributed by atoms with E-state index >= 15 is 0 Å². The molecular formula is C19H24N2O3. The number of amides is 2. The normalized spacial score (nSPS) is 24.1. The first-order valence-electron chi connectivity index (χ1n) is 8.21. The minimum Gasteiger partial charge on any atom is -0.443 e. The molecule has 1 aromatic rings. The van der Waals surface area contributed by atoms with Crippen LogP contribution in [-0.2, 0) is 16.0 Å². The van der Waals surface area contributed by atoms with Gasteiger partial charge in [0.05, 0.1) is 6.04 Å². The molecule has 0 N–H and O–H groups in total. The summed E-state index contributed by atoms with van der Waals surface area (Å²) in [6.45, 7) is 5.42. The molecule has 24 heavy (non-hydrogen) atoms. The number of benzene rings is 1. The lowest BCUT2D eigenvalue weighted by Gasteiger charge is -2.27. The van der Waals surface area contributed by atoms with Crippen LogP contribution in [0.25, 0.3) is 0 Å². The molecule has 2 aliphatic rings. The zero-order valence-corrected chi connectivity index (χ0v) is 14.9. The summed E-state index contributed by atoms with van der Waals surface area (Å²) in [6.07, 6.45) is 2.03. The molecule has 2 unspecified atom stereocenters. The van der Waals surface area contributed by atoms with Gasteiger partial charge in [0.25, 0.3) is 5.91 Å². The lowest BCUT2D eigenvalue weighted by molar-refractivity contribution is -0.125. The summed E-state index contributed by atoms with van der Waals surface area (Å²) >= 11 is 0. The number of carbonyl (C=O) groups excluding carboxylic acids is 2. The van der Waals surface area contributed by atoms with Crippen LogP contribution in [0.2, 0.25) is 0 Å². The molecular weight excluding hydrogens is 304 g/mol. The quantitative estimate of drug-likeness (QED) is 0.743. The van der Waals surface area contributed by atoms with Crippen LogP contribution in [0, 0.1) is 5.92 Å². The highest BCUT2D eigenvalue weighted by atomic mass is 16.6. The minimum absolute atomic E-state index is 0.00943. The zero-order valence-electron chi connectivity index (χ0n) is 14.9. The summed E-state index contributed by atoms with van der Waals surface area (Å²) in [5.74, 6) is -0.257. The summed E-state index contributed by atoms with van der Waals surface area (Å²) in [5.41, 5.74) is 2.27. The number of likely N-dealkylation sites (tertiary alicyclic amines) is 1. The molecule has 2 amide bonds. The first-order chi connectivity index (χ1) is 11.2. The van der Waals surface area contributed by atoms with E-state index in [0.717, 1.165) is 12.0 Å². The molecule has 0 aromatic heterocycles. The summed E-state index contributed by atoms with van der Waals surface area (Å²) in [4.78, 5) is 28.8. The lowest BCUT2D eigenvalue weighted by atomic mass is 9.97. The van der Waals surface area contributed by atoms with Gasteiger partial charge in [-0.15, -0.1) is 0 Å². The smallest absolute Gasteiger partial charge is 0.417 e. The van der Waals surface area contributed by atoms with Crippen LogP contribution in [0.15, 0.2) is 36.0 Å². The topological polar surface area (TPSA) is 49.9 Å². The highest BCUT2D eigenvalue weighted by Gasteiger charge is 2.52. The third-order valence-electron chi connectivity index (χ3n) is 4.33. The van der Waals surface area contributed by atoms with Crippen LogP contribution in [-0.4, -0.2) is 41.5 Å². The molecule has 1 heterocycles. The van der Waals surface area contributed by atoms with E-state index < -0.39 is 11.7 Å². The van der Waals surface area contributed by atoms with Gasteiger partial charge in [-0.25, -0.2) is 9.69 Å². The Morgan fingerprint density at radius 2 is 1.96 bits per heavy atom. The van der Waals surface area contributed by atoms with Crippen LogP contribution in [0.4, 0.5) is 4.79 Å². The highest BCUT2D eigenvalue weighted by Crippen LogP contribution is 2.49. The van der Waals surface area contributed by atoms with Gasteiger partial charge in [-0.2, -0.15) is 0 Å². The van der Waals surface area contributed by atoms with Crippen molar-refractivity contribution in [2.75, 3.05) is 14.1 Å². The number of hydrogen-bond donors (Lipinski definition) is 0. The average molecular weight is 328 g/mol. The summed E-state index contributed by atoms with van der Waals surface area (Å²) < 4.78 is 5.49. The van der Waals surface area contributed by atoms with Gasteiger partial charge in [0, 0.05) is 31.8 Å². The van der Waals surface area contributed by atoms with Crippen molar-refractivity contribution in [2.45, 2.75) is 38.8 Å². The molecule has 5 nitrogen and oxygen atoms in total. The summed E-state index contributed by atoms with van der Waals surface area (Å²) in [7, 11) is 3.76. The Morgan fingerprint density at radius 3 is 2.58 bits per heavy atom. The van der Waals surface area contributed by atoms with Gasteiger partial charge in [-0.3, -0.25) is 4.79 Å². The molecule has 1 aromatic carbocycles. The van der Waals surface area contributed by atoms with Crippen LogP contribution >= 0.6 is 0 Å². The first kappa shape index (κ1) is 16.6. The van der Waals surface area contributed by atoms with Gasteiger partial charge in [0.2, 0.25) is 0 Å². The fourth-order valence-electron chi connectivity index (χ4n) is 3.53. The molecule has 0 spiro atoms. The fraction of sp³-hybridized carbons (Fsp3) is 0.474. The van der Waals surface area contributed by atoms with E-state index in [9.17, 15) is 9.59 Å². The number of hydrogen-bond acceptors (Lipinski definition) is 4. The maximum atomic E-state index is 12.9. The molecule has 0 saturated carbocycles. The van der Waals surface area contributed by atoms with Gasteiger partial charge in [-0.05, 0) is 38.3 Å². The predicted octanol–water partition coefficient (Wildman–Crippen LogP) is 3.12. The number of imide groups is 1. The Bertz CT molecular complexity index is 716. The lowest BCUT2D eigenvalue weighted by Crippen LogP contribution is -2.39. The maximum Gasteiger partial charge on any atom is 0.417 e. The van der Waals surface area contributed by atoms with Crippen LogP contribution in [0.3, 0.4) is 0 Å². The molecule has 0 radical (unpaired) electrons. The second-order valence-electron chi connectivity index (χ2n) is 7.66. The first-order valence-corrected chi connectivity index (χ1v) is 8.21. The number of rotatable bonds is 1. The van der Waals surface area contributed by atoms with Crippen molar-refractivity contribution in [1.29, 1.82) is 0 Å². The van der Waals surface area contributed by atoms with Crippen molar-refractivity contribution in [3.05, 3.63) is 47.2 Å². The highest BCUT2D eigenvalue weighted by molar-refractivity contribution is 6.06. The maximum absolute atomic E-state index is 12.9. The van der Waals surface area contributed by atoms with Crippen molar-refractivity contribution in [3.63, 3.8) is 0 Å². The Hall–Kier alpha value is -2.30. The Kier molecular flexibility index (Phi) is 3.90. The number of ether oxygens (including phenoxy) is 1. The number of fused-ring (bicyclic) bond motifs is 3.